The molecular weight excluding hydrogens is 406 g/mol. The number of fused-ring (bicyclic) bond motifs is 1. The minimum absolute atomic E-state index is 0.0547. The third-order valence-electron chi connectivity index (χ3n) is 6.20. The maximum Gasteiger partial charge on any atom is 0.256 e. The normalized spacial score (nSPS) is 17.8. The zero-order valence-corrected chi connectivity index (χ0v) is 18.8. The number of benzene rings is 2. The Kier molecular flexibility index (Phi) is 7.07. The fourth-order valence-electron chi connectivity index (χ4n) is 4.39. The van der Waals surface area contributed by atoms with Gasteiger partial charge in [0, 0.05) is 58.9 Å². The van der Waals surface area contributed by atoms with E-state index >= 15 is 0 Å². The number of piperazine rings is 1. The van der Waals surface area contributed by atoms with Gasteiger partial charge in [0.15, 0.2) is 6.10 Å². The molecule has 2 aromatic rings. The largest absolute Gasteiger partial charge is 0.491 e. The van der Waals surface area contributed by atoms with E-state index in [0.717, 1.165) is 49.6 Å². The van der Waals surface area contributed by atoms with Crippen molar-refractivity contribution in [3.8, 4) is 5.75 Å². The Balaban J connectivity index is 1.45. The average Bonchev–Trinajstić information content (AvgIpc) is 3.03. The standard InChI is InChI=1S/C25H31N3O4/c1-19(29)27-12-10-26(11-13-27)17-20-8-9-23-22(16-20)18-28(14-15-32-23)25(30)24(31-2)21-6-4-3-5-7-21/h3-9,16,24H,10-15,17-18H2,1-2H3. The van der Waals surface area contributed by atoms with Crippen LogP contribution in [0, 0.1) is 0 Å². The molecule has 32 heavy (non-hydrogen) atoms. The lowest BCUT2D eigenvalue weighted by molar-refractivity contribution is -0.143. The second-order valence-electron chi connectivity index (χ2n) is 8.36. The Hall–Kier alpha value is -2.90. The van der Waals surface area contributed by atoms with Gasteiger partial charge in [-0.15, -0.1) is 0 Å². The molecule has 2 aromatic carbocycles. The van der Waals surface area contributed by atoms with Crippen molar-refractivity contribution in [2.75, 3.05) is 46.4 Å². The molecule has 4 rings (SSSR count). The molecule has 0 bridgehead atoms. The second kappa shape index (κ2) is 10.1. The number of ether oxygens (including phenoxy) is 2. The van der Waals surface area contributed by atoms with Crippen molar-refractivity contribution < 1.29 is 19.1 Å². The monoisotopic (exact) mass is 437 g/mol. The van der Waals surface area contributed by atoms with Crippen molar-refractivity contribution in [2.24, 2.45) is 0 Å². The van der Waals surface area contributed by atoms with Crippen LogP contribution in [-0.2, 0) is 27.4 Å². The molecule has 2 aliphatic heterocycles. The molecule has 170 valence electrons. The predicted molar refractivity (Wildman–Crippen MR) is 121 cm³/mol. The van der Waals surface area contributed by atoms with Gasteiger partial charge in [-0.25, -0.2) is 0 Å². The maximum absolute atomic E-state index is 13.3. The first-order valence-corrected chi connectivity index (χ1v) is 11.1. The lowest BCUT2D eigenvalue weighted by Crippen LogP contribution is -2.47. The molecule has 2 amide bonds. The fraction of sp³-hybridized carbons (Fsp3) is 0.440. The van der Waals surface area contributed by atoms with Crippen molar-refractivity contribution in [1.82, 2.24) is 14.7 Å². The van der Waals surface area contributed by atoms with E-state index in [4.69, 9.17) is 9.47 Å². The Bertz CT molecular complexity index is 941. The van der Waals surface area contributed by atoms with Crippen molar-refractivity contribution in [3.63, 3.8) is 0 Å². The number of hydrogen-bond donors (Lipinski definition) is 0. The molecule has 0 radical (unpaired) electrons. The summed E-state index contributed by atoms with van der Waals surface area (Å²) in [5.74, 6) is 0.918. The van der Waals surface area contributed by atoms with Crippen LogP contribution in [0.25, 0.3) is 0 Å². The van der Waals surface area contributed by atoms with Gasteiger partial charge in [-0.2, -0.15) is 0 Å². The van der Waals surface area contributed by atoms with E-state index in [1.54, 1.807) is 14.0 Å². The highest BCUT2D eigenvalue weighted by Crippen LogP contribution is 2.28. The Labute approximate surface area is 189 Å². The zero-order chi connectivity index (χ0) is 22.5. The SMILES string of the molecule is COC(C(=O)N1CCOc2ccc(CN3CCN(C(C)=O)CC3)cc2C1)c1ccccc1. The first-order valence-electron chi connectivity index (χ1n) is 11.1. The quantitative estimate of drug-likeness (QED) is 0.719. The van der Waals surface area contributed by atoms with E-state index in [1.807, 2.05) is 46.2 Å². The molecule has 1 fully saturated rings. The van der Waals surface area contributed by atoms with Crippen LogP contribution in [0.15, 0.2) is 48.5 Å². The topological polar surface area (TPSA) is 62.3 Å². The molecule has 0 saturated carbocycles. The van der Waals surface area contributed by atoms with Gasteiger partial charge in [0.25, 0.3) is 5.91 Å². The summed E-state index contributed by atoms with van der Waals surface area (Å²) >= 11 is 0. The number of amides is 2. The summed E-state index contributed by atoms with van der Waals surface area (Å²) < 4.78 is 11.5. The summed E-state index contributed by atoms with van der Waals surface area (Å²) in [5, 5.41) is 0. The van der Waals surface area contributed by atoms with Crippen molar-refractivity contribution in [3.05, 3.63) is 65.2 Å². The predicted octanol–water partition coefficient (Wildman–Crippen LogP) is 2.46. The van der Waals surface area contributed by atoms with Crippen LogP contribution in [0.5, 0.6) is 5.75 Å². The lowest BCUT2D eigenvalue weighted by Gasteiger charge is -2.34. The highest BCUT2D eigenvalue weighted by molar-refractivity contribution is 5.82. The number of carbonyl (C=O) groups excluding carboxylic acids is 2. The van der Waals surface area contributed by atoms with E-state index in [2.05, 4.69) is 17.0 Å². The van der Waals surface area contributed by atoms with Crippen LogP contribution in [0.1, 0.15) is 29.7 Å². The van der Waals surface area contributed by atoms with Gasteiger partial charge in [0.2, 0.25) is 5.91 Å². The molecule has 7 nitrogen and oxygen atoms in total. The zero-order valence-electron chi connectivity index (χ0n) is 18.8. The number of methoxy groups -OCH3 is 1. The number of hydrogen-bond acceptors (Lipinski definition) is 5. The minimum atomic E-state index is -0.626. The molecule has 1 unspecified atom stereocenters. The first-order chi connectivity index (χ1) is 15.5. The maximum atomic E-state index is 13.3. The van der Waals surface area contributed by atoms with Crippen molar-refractivity contribution in [1.29, 1.82) is 0 Å². The van der Waals surface area contributed by atoms with Crippen LogP contribution >= 0.6 is 0 Å². The highest BCUT2D eigenvalue weighted by Gasteiger charge is 2.28. The van der Waals surface area contributed by atoms with Gasteiger partial charge in [-0.1, -0.05) is 36.4 Å². The highest BCUT2D eigenvalue weighted by atomic mass is 16.5. The molecule has 0 spiro atoms. The van der Waals surface area contributed by atoms with Crippen LogP contribution in [0.4, 0.5) is 0 Å². The number of rotatable bonds is 5. The molecule has 0 N–H and O–H groups in total. The van der Waals surface area contributed by atoms with Crippen molar-refractivity contribution >= 4 is 11.8 Å². The minimum Gasteiger partial charge on any atom is -0.491 e. The molecule has 0 aliphatic carbocycles. The summed E-state index contributed by atoms with van der Waals surface area (Å²) in [7, 11) is 1.57. The summed E-state index contributed by atoms with van der Waals surface area (Å²) in [6.07, 6.45) is -0.626. The lowest BCUT2D eigenvalue weighted by atomic mass is 10.1. The van der Waals surface area contributed by atoms with Crippen LogP contribution in [-0.4, -0.2) is 73.0 Å². The third-order valence-corrected chi connectivity index (χ3v) is 6.20. The molecule has 1 saturated heterocycles. The fourth-order valence-corrected chi connectivity index (χ4v) is 4.39. The molecule has 7 heteroatoms. The van der Waals surface area contributed by atoms with Gasteiger partial charge in [-0.05, 0) is 23.3 Å². The Morgan fingerprint density at radius 1 is 1.00 bits per heavy atom. The van der Waals surface area contributed by atoms with Gasteiger partial charge in [-0.3, -0.25) is 14.5 Å². The van der Waals surface area contributed by atoms with Crippen LogP contribution < -0.4 is 4.74 Å². The van der Waals surface area contributed by atoms with Crippen LogP contribution in [0.2, 0.25) is 0 Å². The summed E-state index contributed by atoms with van der Waals surface area (Å²) in [6, 6.07) is 15.8. The smallest absolute Gasteiger partial charge is 0.256 e. The van der Waals surface area contributed by atoms with E-state index in [0.29, 0.717) is 19.7 Å². The second-order valence-corrected chi connectivity index (χ2v) is 8.36. The number of nitrogens with zero attached hydrogens (tertiary/aromatic N) is 3. The molecule has 0 aromatic heterocycles. The number of carbonyl (C=O) groups is 2. The molecular formula is C25H31N3O4. The van der Waals surface area contributed by atoms with E-state index < -0.39 is 6.10 Å². The first kappa shape index (κ1) is 22.3. The van der Waals surface area contributed by atoms with E-state index in [9.17, 15) is 9.59 Å². The molecule has 1 atom stereocenters. The summed E-state index contributed by atoms with van der Waals surface area (Å²) in [5.41, 5.74) is 3.05. The van der Waals surface area contributed by atoms with E-state index in [-0.39, 0.29) is 11.8 Å². The average molecular weight is 438 g/mol. The Morgan fingerprint density at radius 3 is 2.44 bits per heavy atom. The van der Waals surface area contributed by atoms with Crippen molar-refractivity contribution in [2.45, 2.75) is 26.1 Å². The van der Waals surface area contributed by atoms with Gasteiger partial charge in [0.05, 0.1) is 6.54 Å². The van der Waals surface area contributed by atoms with Gasteiger partial charge in [0.1, 0.15) is 12.4 Å². The summed E-state index contributed by atoms with van der Waals surface area (Å²) in [6.45, 7) is 7.17. The molecule has 2 aliphatic rings. The van der Waals surface area contributed by atoms with Gasteiger partial charge < -0.3 is 19.3 Å². The Morgan fingerprint density at radius 2 is 1.75 bits per heavy atom. The summed E-state index contributed by atoms with van der Waals surface area (Å²) in [4.78, 5) is 30.9. The molecule has 2 heterocycles. The van der Waals surface area contributed by atoms with Crippen LogP contribution in [0.3, 0.4) is 0 Å². The van der Waals surface area contributed by atoms with Gasteiger partial charge >= 0.3 is 0 Å². The van der Waals surface area contributed by atoms with E-state index in [1.165, 1.54) is 5.56 Å². The third kappa shape index (κ3) is 5.11.